The van der Waals surface area contributed by atoms with Crippen molar-refractivity contribution < 1.29 is 4.39 Å². The maximum Gasteiger partial charge on any atom is 0.133 e. The third-order valence-corrected chi connectivity index (χ3v) is 2.55. The highest BCUT2D eigenvalue weighted by atomic mass is 19.1. The zero-order valence-electron chi connectivity index (χ0n) is 9.73. The Morgan fingerprint density at radius 2 is 2.29 bits per heavy atom. The molecule has 0 unspecified atom stereocenters. The predicted octanol–water partition coefficient (Wildman–Crippen LogP) is 1.29. The smallest absolute Gasteiger partial charge is 0.133 e. The minimum Gasteiger partial charge on any atom is -0.321 e. The molecular formula is C12H15FN4. The largest absolute Gasteiger partial charge is 0.321 e. The molecule has 0 fully saturated rings. The van der Waals surface area contributed by atoms with Gasteiger partial charge in [-0.3, -0.25) is 0 Å². The van der Waals surface area contributed by atoms with Crippen LogP contribution in [0.2, 0.25) is 0 Å². The number of halogens is 1. The number of nitrogens with zero attached hydrogens (tertiary/aromatic N) is 3. The first kappa shape index (κ1) is 11.7. The monoisotopic (exact) mass is 234 g/mol. The van der Waals surface area contributed by atoms with Gasteiger partial charge in [-0.25, -0.2) is 4.39 Å². The Hall–Kier alpha value is -1.75. The molecule has 0 saturated heterocycles. The summed E-state index contributed by atoms with van der Waals surface area (Å²) in [6.45, 7) is 1.46. The van der Waals surface area contributed by atoms with Crippen LogP contribution < -0.4 is 5.32 Å². The van der Waals surface area contributed by atoms with Gasteiger partial charge in [0.15, 0.2) is 0 Å². The number of aromatic nitrogens is 3. The van der Waals surface area contributed by atoms with Gasteiger partial charge in [0.25, 0.3) is 0 Å². The van der Waals surface area contributed by atoms with Crippen LogP contribution in [0.25, 0.3) is 0 Å². The minimum atomic E-state index is -0.197. The molecule has 5 heteroatoms. The second-order valence-electron chi connectivity index (χ2n) is 3.91. The van der Waals surface area contributed by atoms with Crippen LogP contribution in [0.3, 0.4) is 0 Å². The van der Waals surface area contributed by atoms with E-state index in [0.29, 0.717) is 6.54 Å². The Bertz CT molecular complexity index is 481. The SMILES string of the molecule is Cn1cnnc1CCNCc1cccc(F)c1. The zero-order valence-corrected chi connectivity index (χ0v) is 9.73. The lowest BCUT2D eigenvalue weighted by Crippen LogP contribution is -2.18. The normalized spacial score (nSPS) is 10.7. The Morgan fingerprint density at radius 1 is 1.41 bits per heavy atom. The van der Waals surface area contributed by atoms with E-state index in [-0.39, 0.29) is 5.82 Å². The zero-order chi connectivity index (χ0) is 12.1. The van der Waals surface area contributed by atoms with Crippen LogP contribution in [0, 0.1) is 5.82 Å². The van der Waals surface area contributed by atoms with Gasteiger partial charge >= 0.3 is 0 Å². The van der Waals surface area contributed by atoms with E-state index in [4.69, 9.17) is 0 Å². The van der Waals surface area contributed by atoms with Crippen molar-refractivity contribution in [3.05, 3.63) is 47.8 Å². The highest BCUT2D eigenvalue weighted by Gasteiger charge is 2.00. The molecule has 2 aromatic rings. The molecule has 2 rings (SSSR count). The molecule has 0 radical (unpaired) electrons. The number of rotatable bonds is 5. The third-order valence-electron chi connectivity index (χ3n) is 2.55. The van der Waals surface area contributed by atoms with E-state index in [9.17, 15) is 4.39 Å². The van der Waals surface area contributed by atoms with E-state index < -0.39 is 0 Å². The molecule has 0 aliphatic carbocycles. The van der Waals surface area contributed by atoms with E-state index in [0.717, 1.165) is 24.4 Å². The van der Waals surface area contributed by atoms with Gasteiger partial charge in [0.05, 0.1) is 0 Å². The molecule has 1 N–H and O–H groups in total. The molecule has 1 aromatic heterocycles. The minimum absolute atomic E-state index is 0.197. The summed E-state index contributed by atoms with van der Waals surface area (Å²) in [7, 11) is 1.92. The quantitative estimate of drug-likeness (QED) is 0.793. The molecule has 90 valence electrons. The van der Waals surface area contributed by atoms with Gasteiger partial charge in [-0.1, -0.05) is 12.1 Å². The van der Waals surface area contributed by atoms with Crippen molar-refractivity contribution in [3.8, 4) is 0 Å². The first-order valence-corrected chi connectivity index (χ1v) is 5.54. The summed E-state index contributed by atoms with van der Waals surface area (Å²) in [5.41, 5.74) is 0.947. The fourth-order valence-corrected chi connectivity index (χ4v) is 1.61. The summed E-state index contributed by atoms with van der Waals surface area (Å²) in [5.74, 6) is 0.745. The van der Waals surface area contributed by atoms with Crippen molar-refractivity contribution in [3.63, 3.8) is 0 Å². The van der Waals surface area contributed by atoms with Crippen LogP contribution in [0.4, 0.5) is 4.39 Å². The second-order valence-corrected chi connectivity index (χ2v) is 3.91. The molecule has 0 aliphatic rings. The lowest BCUT2D eigenvalue weighted by Gasteiger charge is -2.04. The van der Waals surface area contributed by atoms with Crippen molar-refractivity contribution in [1.29, 1.82) is 0 Å². The highest BCUT2D eigenvalue weighted by molar-refractivity contribution is 5.15. The average molecular weight is 234 g/mol. The Morgan fingerprint density at radius 3 is 3.00 bits per heavy atom. The summed E-state index contributed by atoms with van der Waals surface area (Å²) in [6, 6.07) is 6.60. The summed E-state index contributed by atoms with van der Waals surface area (Å²) in [6.07, 6.45) is 2.49. The van der Waals surface area contributed by atoms with E-state index in [1.54, 1.807) is 12.4 Å². The fraction of sp³-hybridized carbons (Fsp3) is 0.333. The molecule has 0 bridgehead atoms. The lowest BCUT2D eigenvalue weighted by atomic mass is 10.2. The van der Waals surface area contributed by atoms with Gasteiger partial charge in [0.1, 0.15) is 18.0 Å². The van der Waals surface area contributed by atoms with Gasteiger partial charge in [0, 0.05) is 26.6 Å². The maximum atomic E-state index is 12.9. The number of hydrogen-bond donors (Lipinski definition) is 1. The van der Waals surface area contributed by atoms with Crippen molar-refractivity contribution in [1.82, 2.24) is 20.1 Å². The maximum absolute atomic E-state index is 12.9. The molecule has 4 nitrogen and oxygen atoms in total. The molecule has 0 amide bonds. The number of benzene rings is 1. The molecule has 0 aliphatic heterocycles. The second kappa shape index (κ2) is 5.54. The van der Waals surface area contributed by atoms with E-state index in [1.807, 2.05) is 17.7 Å². The number of hydrogen-bond acceptors (Lipinski definition) is 3. The van der Waals surface area contributed by atoms with E-state index >= 15 is 0 Å². The van der Waals surface area contributed by atoms with Crippen LogP contribution in [0.1, 0.15) is 11.4 Å². The Labute approximate surface area is 99.5 Å². The van der Waals surface area contributed by atoms with Gasteiger partial charge in [0.2, 0.25) is 0 Å². The van der Waals surface area contributed by atoms with Crippen LogP contribution >= 0.6 is 0 Å². The van der Waals surface area contributed by atoms with Crippen LogP contribution in [0.5, 0.6) is 0 Å². The van der Waals surface area contributed by atoms with E-state index in [1.165, 1.54) is 12.1 Å². The first-order valence-electron chi connectivity index (χ1n) is 5.54. The van der Waals surface area contributed by atoms with Crippen molar-refractivity contribution >= 4 is 0 Å². The van der Waals surface area contributed by atoms with Gasteiger partial charge < -0.3 is 9.88 Å². The van der Waals surface area contributed by atoms with Crippen LogP contribution in [-0.2, 0) is 20.0 Å². The first-order chi connectivity index (χ1) is 8.25. The summed E-state index contributed by atoms with van der Waals surface area (Å²) in [4.78, 5) is 0. The molecular weight excluding hydrogens is 219 g/mol. The third kappa shape index (κ3) is 3.35. The molecule has 0 atom stereocenters. The number of aryl methyl sites for hydroxylation is 1. The van der Waals surface area contributed by atoms with Crippen molar-refractivity contribution in [2.75, 3.05) is 6.54 Å². The highest BCUT2D eigenvalue weighted by Crippen LogP contribution is 2.02. The Balaban J connectivity index is 1.75. The Kier molecular flexibility index (Phi) is 3.82. The van der Waals surface area contributed by atoms with Crippen molar-refractivity contribution in [2.24, 2.45) is 7.05 Å². The van der Waals surface area contributed by atoms with E-state index in [2.05, 4.69) is 15.5 Å². The molecule has 0 saturated carbocycles. The van der Waals surface area contributed by atoms with Gasteiger partial charge in [-0.2, -0.15) is 0 Å². The molecule has 1 heterocycles. The lowest BCUT2D eigenvalue weighted by molar-refractivity contribution is 0.617. The molecule has 1 aromatic carbocycles. The molecule has 0 spiro atoms. The van der Waals surface area contributed by atoms with Gasteiger partial charge in [-0.05, 0) is 17.7 Å². The van der Waals surface area contributed by atoms with Crippen LogP contribution in [-0.4, -0.2) is 21.3 Å². The summed E-state index contributed by atoms with van der Waals surface area (Å²) in [5, 5.41) is 11.0. The topological polar surface area (TPSA) is 42.7 Å². The average Bonchev–Trinajstić information content (AvgIpc) is 2.71. The summed E-state index contributed by atoms with van der Waals surface area (Å²) < 4.78 is 14.8. The summed E-state index contributed by atoms with van der Waals surface area (Å²) >= 11 is 0. The molecule has 17 heavy (non-hydrogen) atoms. The number of nitrogens with one attached hydrogen (secondary N) is 1. The fourth-order valence-electron chi connectivity index (χ4n) is 1.61. The predicted molar refractivity (Wildman–Crippen MR) is 62.8 cm³/mol. The van der Waals surface area contributed by atoms with Crippen LogP contribution in [0.15, 0.2) is 30.6 Å². The standard InChI is InChI=1S/C12H15FN4/c1-17-9-15-16-12(17)5-6-14-8-10-3-2-4-11(13)7-10/h2-4,7,9,14H,5-6,8H2,1H3. The van der Waals surface area contributed by atoms with Crippen molar-refractivity contribution in [2.45, 2.75) is 13.0 Å². The van der Waals surface area contributed by atoms with Gasteiger partial charge in [-0.15, -0.1) is 10.2 Å².